The predicted molar refractivity (Wildman–Crippen MR) is 32.1 cm³/mol. The van der Waals surface area contributed by atoms with Crippen molar-refractivity contribution in [3.63, 3.8) is 0 Å². The first kappa shape index (κ1) is 5.05. The summed E-state index contributed by atoms with van der Waals surface area (Å²) < 4.78 is 0. The second-order valence-electron chi connectivity index (χ2n) is 2.49. The van der Waals surface area contributed by atoms with Crippen LogP contribution < -0.4 is 16.0 Å². The average molecular weight is 127 g/mol. The lowest BCUT2D eigenvalue weighted by Crippen LogP contribution is -2.31. The minimum atomic E-state index is -0.0218. The first-order valence-corrected chi connectivity index (χ1v) is 3.14. The molecule has 0 aromatic heterocycles. The van der Waals surface area contributed by atoms with Crippen LogP contribution in [0.15, 0.2) is 0 Å². The minimum Gasteiger partial charge on any atom is -0.332 e. The number of hydrogen-bond donors (Lipinski definition) is 3. The third kappa shape index (κ3) is 0.666. The molecule has 9 heavy (non-hydrogen) atoms. The number of carbonyl (C=O) groups is 1. The quantitative estimate of drug-likeness (QED) is 0.376. The van der Waals surface area contributed by atoms with Crippen molar-refractivity contribution in [2.75, 3.05) is 13.1 Å². The first-order chi connectivity index (χ1) is 4.36. The van der Waals surface area contributed by atoms with Gasteiger partial charge in [-0.1, -0.05) is 0 Å². The Labute approximate surface area is 53.0 Å². The molecule has 0 unspecified atom stereocenters. The van der Waals surface area contributed by atoms with E-state index in [9.17, 15) is 4.79 Å². The van der Waals surface area contributed by atoms with Gasteiger partial charge in [-0.2, -0.15) is 0 Å². The highest BCUT2D eigenvalue weighted by molar-refractivity contribution is 5.77. The van der Waals surface area contributed by atoms with Gasteiger partial charge in [0, 0.05) is 13.1 Å². The van der Waals surface area contributed by atoms with Gasteiger partial charge in [-0.25, -0.2) is 4.79 Å². The number of amides is 2. The molecule has 2 heterocycles. The largest absolute Gasteiger partial charge is 0.332 e. The van der Waals surface area contributed by atoms with Crippen molar-refractivity contribution in [1.82, 2.24) is 16.0 Å². The van der Waals surface area contributed by atoms with Crippen LogP contribution in [0.1, 0.15) is 0 Å². The number of urea groups is 1. The molecule has 2 saturated heterocycles. The Hall–Kier alpha value is -0.770. The summed E-state index contributed by atoms with van der Waals surface area (Å²) >= 11 is 0. The third-order valence-electron chi connectivity index (χ3n) is 1.85. The fourth-order valence-corrected chi connectivity index (χ4v) is 1.36. The first-order valence-electron chi connectivity index (χ1n) is 3.14. The molecule has 0 radical (unpaired) electrons. The molecule has 4 heteroatoms. The van der Waals surface area contributed by atoms with Crippen molar-refractivity contribution in [3.05, 3.63) is 0 Å². The van der Waals surface area contributed by atoms with E-state index in [1.807, 2.05) is 0 Å². The second kappa shape index (κ2) is 1.60. The van der Waals surface area contributed by atoms with Crippen LogP contribution in [-0.2, 0) is 0 Å². The third-order valence-corrected chi connectivity index (χ3v) is 1.85. The molecule has 2 fully saturated rings. The van der Waals surface area contributed by atoms with Crippen LogP contribution in [0, 0.1) is 0 Å². The van der Waals surface area contributed by atoms with Gasteiger partial charge in [0.15, 0.2) is 0 Å². The van der Waals surface area contributed by atoms with Gasteiger partial charge in [0.2, 0.25) is 0 Å². The highest BCUT2D eigenvalue weighted by atomic mass is 16.2. The standard InChI is InChI=1S/C5H9N3O/c9-5-7-3-1-6-2-4(3)8-5/h3-4,6H,1-2H2,(H2,7,8,9)/t3-,4-/m1/s1. The summed E-state index contributed by atoms with van der Waals surface area (Å²) in [5.74, 6) is 0. The topological polar surface area (TPSA) is 53.2 Å². The molecule has 2 amide bonds. The summed E-state index contributed by atoms with van der Waals surface area (Å²) in [5, 5.41) is 8.77. The van der Waals surface area contributed by atoms with Crippen molar-refractivity contribution < 1.29 is 4.79 Å². The number of hydrogen-bond acceptors (Lipinski definition) is 2. The normalized spacial score (nSPS) is 39.8. The fourth-order valence-electron chi connectivity index (χ4n) is 1.36. The zero-order valence-corrected chi connectivity index (χ0v) is 4.98. The maximum atomic E-state index is 10.6. The van der Waals surface area contributed by atoms with E-state index in [0.29, 0.717) is 12.1 Å². The lowest BCUT2D eigenvalue weighted by atomic mass is 10.2. The van der Waals surface area contributed by atoms with Gasteiger partial charge in [0.1, 0.15) is 0 Å². The van der Waals surface area contributed by atoms with Gasteiger partial charge in [-0.3, -0.25) is 0 Å². The van der Waals surface area contributed by atoms with Crippen molar-refractivity contribution >= 4 is 6.03 Å². The van der Waals surface area contributed by atoms with Crippen molar-refractivity contribution in [1.29, 1.82) is 0 Å². The monoisotopic (exact) mass is 127 g/mol. The predicted octanol–water partition coefficient (Wildman–Crippen LogP) is -1.36. The minimum absolute atomic E-state index is 0.0218. The average Bonchev–Trinajstić information content (AvgIpc) is 2.22. The molecule has 4 nitrogen and oxygen atoms in total. The van der Waals surface area contributed by atoms with Gasteiger partial charge in [-0.05, 0) is 0 Å². The summed E-state index contributed by atoms with van der Waals surface area (Å²) in [6, 6.07) is 0.640. The molecule has 2 aliphatic heterocycles. The molecule has 0 aromatic rings. The Morgan fingerprint density at radius 1 is 1.22 bits per heavy atom. The summed E-state index contributed by atoms with van der Waals surface area (Å²) in [5.41, 5.74) is 0. The Kier molecular flexibility index (Phi) is 0.900. The molecule has 0 spiro atoms. The fraction of sp³-hybridized carbons (Fsp3) is 0.800. The Balaban J connectivity index is 2.09. The highest BCUT2D eigenvalue weighted by Gasteiger charge is 2.34. The van der Waals surface area contributed by atoms with Gasteiger partial charge in [-0.15, -0.1) is 0 Å². The Bertz CT molecular complexity index is 133. The van der Waals surface area contributed by atoms with Crippen molar-refractivity contribution in [2.45, 2.75) is 12.1 Å². The molecule has 0 aromatic carbocycles. The molecule has 0 saturated carbocycles. The zero-order valence-electron chi connectivity index (χ0n) is 4.98. The number of carbonyl (C=O) groups excluding carboxylic acids is 1. The van der Waals surface area contributed by atoms with E-state index >= 15 is 0 Å². The molecule has 0 bridgehead atoms. The van der Waals surface area contributed by atoms with Gasteiger partial charge in [0.05, 0.1) is 12.1 Å². The van der Waals surface area contributed by atoms with E-state index in [1.165, 1.54) is 0 Å². The van der Waals surface area contributed by atoms with Gasteiger partial charge < -0.3 is 16.0 Å². The maximum Gasteiger partial charge on any atom is 0.315 e. The van der Waals surface area contributed by atoms with Crippen LogP contribution in [0.2, 0.25) is 0 Å². The number of fused-ring (bicyclic) bond motifs is 1. The molecule has 3 N–H and O–H groups in total. The summed E-state index contributed by atoms with van der Waals surface area (Å²) in [6.45, 7) is 1.81. The number of nitrogens with one attached hydrogen (secondary N) is 3. The molecule has 0 aliphatic carbocycles. The Morgan fingerprint density at radius 2 is 1.78 bits per heavy atom. The van der Waals surface area contributed by atoms with Crippen LogP contribution in [0.25, 0.3) is 0 Å². The van der Waals surface area contributed by atoms with Gasteiger partial charge >= 0.3 is 6.03 Å². The maximum absolute atomic E-state index is 10.6. The van der Waals surface area contributed by atoms with Crippen molar-refractivity contribution in [2.24, 2.45) is 0 Å². The van der Waals surface area contributed by atoms with Crippen LogP contribution in [0.4, 0.5) is 4.79 Å². The van der Waals surface area contributed by atoms with Crippen LogP contribution in [0.5, 0.6) is 0 Å². The lowest BCUT2D eigenvalue weighted by Gasteiger charge is -2.02. The van der Waals surface area contributed by atoms with Crippen molar-refractivity contribution in [3.8, 4) is 0 Å². The van der Waals surface area contributed by atoms with E-state index in [-0.39, 0.29) is 6.03 Å². The molecule has 2 aliphatic rings. The highest BCUT2D eigenvalue weighted by Crippen LogP contribution is 2.04. The van der Waals surface area contributed by atoms with E-state index in [4.69, 9.17) is 0 Å². The lowest BCUT2D eigenvalue weighted by molar-refractivity contribution is 0.246. The molecule has 50 valence electrons. The van der Waals surface area contributed by atoms with Crippen LogP contribution >= 0.6 is 0 Å². The van der Waals surface area contributed by atoms with E-state index < -0.39 is 0 Å². The zero-order chi connectivity index (χ0) is 6.27. The molecule has 2 rings (SSSR count). The summed E-state index contributed by atoms with van der Waals surface area (Å²) in [6.07, 6.45) is 0. The second-order valence-corrected chi connectivity index (χ2v) is 2.49. The van der Waals surface area contributed by atoms with Gasteiger partial charge in [0.25, 0.3) is 0 Å². The SMILES string of the molecule is O=C1N[C@@H]2CNC[C@H]2N1. The number of rotatable bonds is 0. The molecule has 2 atom stereocenters. The summed E-state index contributed by atoms with van der Waals surface area (Å²) in [7, 11) is 0. The van der Waals surface area contributed by atoms with Crippen LogP contribution in [-0.4, -0.2) is 31.2 Å². The smallest absolute Gasteiger partial charge is 0.315 e. The molecular weight excluding hydrogens is 118 g/mol. The van der Waals surface area contributed by atoms with E-state index in [0.717, 1.165) is 13.1 Å². The Morgan fingerprint density at radius 3 is 2.33 bits per heavy atom. The van der Waals surface area contributed by atoms with E-state index in [2.05, 4.69) is 16.0 Å². The summed E-state index contributed by atoms with van der Waals surface area (Å²) in [4.78, 5) is 10.6. The van der Waals surface area contributed by atoms with Crippen LogP contribution in [0.3, 0.4) is 0 Å². The van der Waals surface area contributed by atoms with E-state index in [1.54, 1.807) is 0 Å². The molecular formula is C5H9N3O.